The van der Waals surface area contributed by atoms with Crippen molar-refractivity contribution in [3.05, 3.63) is 0 Å². The van der Waals surface area contributed by atoms with Gasteiger partial charge in [0.25, 0.3) is 0 Å². The van der Waals surface area contributed by atoms with Gasteiger partial charge in [-0.1, -0.05) is 41.5 Å². The van der Waals surface area contributed by atoms with Gasteiger partial charge < -0.3 is 10.2 Å². The van der Waals surface area contributed by atoms with Gasteiger partial charge in [0.2, 0.25) is 0 Å². The Hall–Kier alpha value is -0.0800. The summed E-state index contributed by atoms with van der Waals surface area (Å²) >= 11 is 0. The quantitative estimate of drug-likeness (QED) is 0.707. The fraction of sp³-hybridized carbons (Fsp3) is 1.00. The molecule has 2 nitrogen and oxygen atoms in total. The van der Waals surface area contributed by atoms with Gasteiger partial charge in [0.15, 0.2) is 0 Å². The smallest absolute Gasteiger partial charge is 0.0108 e. The summed E-state index contributed by atoms with van der Waals surface area (Å²) in [5, 5.41) is 3.77. The lowest BCUT2D eigenvalue weighted by atomic mass is 9.67. The number of hydrogen-bond acceptors (Lipinski definition) is 2. The number of rotatable bonds is 8. The molecule has 1 rings (SSSR count). The maximum atomic E-state index is 3.77. The third-order valence-corrected chi connectivity index (χ3v) is 5.25. The van der Waals surface area contributed by atoms with Gasteiger partial charge in [0.1, 0.15) is 0 Å². The van der Waals surface area contributed by atoms with E-state index in [0.29, 0.717) is 5.41 Å². The molecule has 1 saturated carbocycles. The minimum Gasteiger partial charge on any atom is -0.314 e. The maximum absolute atomic E-state index is 3.77. The second-order valence-corrected chi connectivity index (χ2v) is 8.10. The zero-order chi connectivity index (χ0) is 15.9. The lowest BCUT2D eigenvalue weighted by Crippen LogP contribution is -2.47. The molecule has 0 spiro atoms. The molecule has 0 amide bonds. The molecule has 0 aliphatic heterocycles. The molecule has 0 aromatic heterocycles. The van der Waals surface area contributed by atoms with Gasteiger partial charge in [-0.25, -0.2) is 0 Å². The van der Waals surface area contributed by atoms with Gasteiger partial charge in [-0.05, 0) is 69.0 Å². The lowest BCUT2D eigenvalue weighted by molar-refractivity contribution is 0.0875. The van der Waals surface area contributed by atoms with Crippen molar-refractivity contribution >= 4 is 0 Å². The van der Waals surface area contributed by atoms with E-state index in [-0.39, 0.29) is 0 Å². The molecule has 1 N–H and O–H groups in total. The van der Waals surface area contributed by atoms with Crippen molar-refractivity contribution < 1.29 is 0 Å². The Morgan fingerprint density at radius 1 is 1.00 bits per heavy atom. The van der Waals surface area contributed by atoms with E-state index in [1.807, 2.05) is 0 Å². The van der Waals surface area contributed by atoms with Crippen LogP contribution in [0.4, 0.5) is 0 Å². The average molecular weight is 297 g/mol. The standard InChI is InChI=1S/C19H40N2/c1-7-12-21(13-8-2)15-16-14-17(19(4,5)6)10-11-18(16)20-9-3/h16-18,20H,7-15H2,1-6H3. The molecule has 1 aliphatic carbocycles. The van der Waals surface area contributed by atoms with Gasteiger partial charge in [0.05, 0.1) is 0 Å². The largest absolute Gasteiger partial charge is 0.314 e. The van der Waals surface area contributed by atoms with Crippen molar-refractivity contribution in [3.63, 3.8) is 0 Å². The van der Waals surface area contributed by atoms with Crippen LogP contribution in [0.1, 0.15) is 73.6 Å². The summed E-state index contributed by atoms with van der Waals surface area (Å²) in [7, 11) is 0. The topological polar surface area (TPSA) is 15.3 Å². The molecule has 0 heterocycles. The summed E-state index contributed by atoms with van der Waals surface area (Å²) < 4.78 is 0. The van der Waals surface area contributed by atoms with E-state index >= 15 is 0 Å². The van der Waals surface area contributed by atoms with Crippen LogP contribution in [0.5, 0.6) is 0 Å². The minimum absolute atomic E-state index is 0.468. The van der Waals surface area contributed by atoms with Crippen LogP contribution >= 0.6 is 0 Å². The van der Waals surface area contributed by atoms with Crippen LogP contribution in [-0.2, 0) is 0 Å². The number of nitrogens with zero attached hydrogens (tertiary/aromatic N) is 1. The van der Waals surface area contributed by atoms with E-state index in [2.05, 4.69) is 51.8 Å². The van der Waals surface area contributed by atoms with Gasteiger partial charge in [-0.3, -0.25) is 0 Å². The molecule has 1 fully saturated rings. The van der Waals surface area contributed by atoms with Crippen LogP contribution in [0.3, 0.4) is 0 Å². The molecule has 21 heavy (non-hydrogen) atoms. The average Bonchev–Trinajstić information content (AvgIpc) is 2.40. The maximum Gasteiger partial charge on any atom is 0.0108 e. The summed E-state index contributed by atoms with van der Waals surface area (Å²) in [4.78, 5) is 2.71. The molecule has 0 radical (unpaired) electrons. The van der Waals surface area contributed by atoms with Crippen molar-refractivity contribution in [2.75, 3.05) is 26.2 Å². The number of hydrogen-bond donors (Lipinski definition) is 1. The Morgan fingerprint density at radius 3 is 2.10 bits per heavy atom. The highest BCUT2D eigenvalue weighted by Crippen LogP contribution is 2.40. The van der Waals surface area contributed by atoms with Gasteiger partial charge in [-0.2, -0.15) is 0 Å². The monoisotopic (exact) mass is 296 g/mol. The molecule has 0 saturated heterocycles. The summed E-state index contributed by atoms with van der Waals surface area (Å²) in [6.45, 7) is 19.1. The second-order valence-electron chi connectivity index (χ2n) is 8.10. The normalized spacial score (nSPS) is 27.3. The van der Waals surface area contributed by atoms with Crippen molar-refractivity contribution in [1.29, 1.82) is 0 Å². The van der Waals surface area contributed by atoms with Crippen LogP contribution < -0.4 is 5.32 Å². The summed E-state index contributed by atoms with van der Waals surface area (Å²) in [6, 6.07) is 0.741. The highest BCUT2D eigenvalue weighted by Gasteiger charge is 2.36. The first-order valence-corrected chi connectivity index (χ1v) is 9.38. The van der Waals surface area contributed by atoms with E-state index in [1.54, 1.807) is 0 Å². The van der Waals surface area contributed by atoms with E-state index in [9.17, 15) is 0 Å². The summed E-state index contributed by atoms with van der Waals surface area (Å²) in [6.07, 6.45) is 6.74. The van der Waals surface area contributed by atoms with E-state index < -0.39 is 0 Å². The molecule has 126 valence electrons. The third-order valence-electron chi connectivity index (χ3n) is 5.25. The van der Waals surface area contributed by atoms with Crippen LogP contribution in [0.25, 0.3) is 0 Å². The Morgan fingerprint density at radius 2 is 1.62 bits per heavy atom. The van der Waals surface area contributed by atoms with Gasteiger partial charge >= 0.3 is 0 Å². The minimum atomic E-state index is 0.468. The predicted molar refractivity (Wildman–Crippen MR) is 94.8 cm³/mol. The lowest BCUT2D eigenvalue weighted by Gasteiger charge is -2.43. The Labute approximate surface area is 134 Å². The molecule has 2 heteroatoms. The van der Waals surface area contributed by atoms with E-state index in [4.69, 9.17) is 0 Å². The fourth-order valence-corrected chi connectivity index (χ4v) is 4.04. The van der Waals surface area contributed by atoms with Crippen LogP contribution in [0.15, 0.2) is 0 Å². The molecule has 3 unspecified atom stereocenters. The first-order chi connectivity index (χ1) is 9.92. The SMILES string of the molecule is CCCN(CCC)CC1CC(C(C)(C)C)CCC1NCC. The van der Waals surface area contributed by atoms with Crippen molar-refractivity contribution in [3.8, 4) is 0 Å². The summed E-state index contributed by atoms with van der Waals surface area (Å²) in [5.74, 6) is 1.73. The van der Waals surface area contributed by atoms with Crippen molar-refractivity contribution in [2.45, 2.75) is 79.7 Å². The van der Waals surface area contributed by atoms with Crippen molar-refractivity contribution in [2.24, 2.45) is 17.3 Å². The molecular weight excluding hydrogens is 256 g/mol. The van der Waals surface area contributed by atoms with Crippen LogP contribution in [0, 0.1) is 17.3 Å². The molecule has 0 aromatic carbocycles. The summed E-state index contributed by atoms with van der Waals surface area (Å²) in [5.41, 5.74) is 0.468. The highest BCUT2D eigenvalue weighted by molar-refractivity contribution is 4.90. The molecular formula is C19H40N2. The molecule has 0 aromatic rings. The highest BCUT2D eigenvalue weighted by atomic mass is 15.1. The molecule has 3 atom stereocenters. The van der Waals surface area contributed by atoms with E-state index in [1.165, 1.54) is 51.7 Å². The zero-order valence-corrected chi connectivity index (χ0v) is 15.5. The first kappa shape index (κ1) is 19.0. The second kappa shape index (κ2) is 9.15. The Bertz CT molecular complexity index is 263. The van der Waals surface area contributed by atoms with Gasteiger partial charge in [0, 0.05) is 12.6 Å². The number of nitrogens with one attached hydrogen (secondary N) is 1. The van der Waals surface area contributed by atoms with Crippen LogP contribution in [-0.4, -0.2) is 37.1 Å². The zero-order valence-electron chi connectivity index (χ0n) is 15.5. The fourth-order valence-electron chi connectivity index (χ4n) is 4.04. The van der Waals surface area contributed by atoms with Crippen molar-refractivity contribution in [1.82, 2.24) is 10.2 Å². The van der Waals surface area contributed by atoms with Crippen LogP contribution in [0.2, 0.25) is 0 Å². The predicted octanol–water partition coefficient (Wildman–Crippen LogP) is 4.55. The molecule has 0 bridgehead atoms. The van der Waals surface area contributed by atoms with Gasteiger partial charge in [-0.15, -0.1) is 0 Å². The first-order valence-electron chi connectivity index (χ1n) is 9.38. The third kappa shape index (κ3) is 6.28. The Balaban J connectivity index is 2.69. The molecule has 1 aliphatic rings. The Kier molecular flexibility index (Phi) is 8.26. The van der Waals surface area contributed by atoms with E-state index in [0.717, 1.165) is 24.4 Å².